The van der Waals surface area contributed by atoms with Gasteiger partial charge in [-0.2, -0.15) is 0 Å². The first kappa shape index (κ1) is 21.8. The zero-order valence-corrected chi connectivity index (χ0v) is 15.1. The zero-order chi connectivity index (χ0) is 16.6. The molecule has 0 aromatic heterocycles. The summed E-state index contributed by atoms with van der Waals surface area (Å²) >= 11 is 0. The number of methoxy groups -OCH3 is 1. The second-order valence-corrected chi connectivity index (χ2v) is 6.49. The maximum Gasteiger partial charge on any atom is 0.251 e. The van der Waals surface area contributed by atoms with Crippen molar-refractivity contribution in [3.05, 3.63) is 29.3 Å². The van der Waals surface area contributed by atoms with E-state index in [4.69, 9.17) is 4.74 Å². The van der Waals surface area contributed by atoms with E-state index < -0.39 is 10.0 Å². The highest BCUT2D eigenvalue weighted by molar-refractivity contribution is 7.89. The van der Waals surface area contributed by atoms with Crippen molar-refractivity contribution in [2.75, 3.05) is 40.4 Å². The molecule has 1 aromatic rings. The first-order valence-electron chi connectivity index (χ1n) is 6.94. The number of ether oxygens (including phenoxy) is 1. The van der Waals surface area contributed by atoms with Crippen molar-refractivity contribution in [1.29, 1.82) is 0 Å². The number of carbonyl (C=O) groups is 1. The van der Waals surface area contributed by atoms with Gasteiger partial charge in [0.05, 0.1) is 11.5 Å². The summed E-state index contributed by atoms with van der Waals surface area (Å²) in [5.41, 5.74) is 1.07. The van der Waals surface area contributed by atoms with Gasteiger partial charge in [-0.25, -0.2) is 13.1 Å². The van der Waals surface area contributed by atoms with Gasteiger partial charge in [0.1, 0.15) is 0 Å². The standard InChI is InChI=1S/C14H23N3O4S.ClH/c1-11-4-5-12(22(19,20)17-8-9-21-3)10-13(11)14(18)16-7-6-15-2;/h4-5,10,15,17H,6-9H2,1-3H3,(H,16,18);1H. The van der Waals surface area contributed by atoms with Crippen LogP contribution < -0.4 is 15.4 Å². The molecule has 1 amide bonds. The molecule has 1 aromatic carbocycles. The molecule has 0 saturated carbocycles. The van der Waals surface area contributed by atoms with Gasteiger partial charge in [0.25, 0.3) is 5.91 Å². The summed E-state index contributed by atoms with van der Waals surface area (Å²) in [5.74, 6) is -0.290. The molecule has 9 heteroatoms. The summed E-state index contributed by atoms with van der Waals surface area (Å²) in [7, 11) is -0.371. The average molecular weight is 366 g/mol. The Hall–Kier alpha value is -1.19. The van der Waals surface area contributed by atoms with E-state index in [2.05, 4.69) is 15.4 Å². The minimum absolute atomic E-state index is 0. The van der Waals surface area contributed by atoms with Crippen molar-refractivity contribution < 1.29 is 17.9 Å². The van der Waals surface area contributed by atoms with E-state index >= 15 is 0 Å². The number of aryl methyl sites for hydroxylation is 1. The summed E-state index contributed by atoms with van der Waals surface area (Å²) < 4.78 is 31.5. The summed E-state index contributed by atoms with van der Waals surface area (Å²) in [5, 5.41) is 5.66. The molecule has 0 unspecified atom stereocenters. The molecule has 0 aliphatic rings. The molecule has 23 heavy (non-hydrogen) atoms. The number of amides is 1. The zero-order valence-electron chi connectivity index (χ0n) is 13.5. The number of hydrogen-bond donors (Lipinski definition) is 3. The van der Waals surface area contributed by atoms with E-state index in [1.807, 2.05) is 0 Å². The van der Waals surface area contributed by atoms with Gasteiger partial charge in [-0.1, -0.05) is 6.07 Å². The van der Waals surface area contributed by atoms with Gasteiger partial charge in [-0.15, -0.1) is 12.4 Å². The van der Waals surface area contributed by atoms with Crippen LogP contribution in [0.1, 0.15) is 15.9 Å². The molecule has 0 bridgehead atoms. The topological polar surface area (TPSA) is 96.5 Å². The molecule has 0 radical (unpaired) electrons. The summed E-state index contributed by atoms with van der Waals surface area (Å²) in [6.07, 6.45) is 0. The van der Waals surface area contributed by atoms with Crippen LogP contribution in [0.4, 0.5) is 0 Å². The molecular formula is C14H24ClN3O4S. The number of sulfonamides is 1. The van der Waals surface area contributed by atoms with Crippen LogP contribution in [0.5, 0.6) is 0 Å². The van der Waals surface area contributed by atoms with Crippen LogP contribution in [0.25, 0.3) is 0 Å². The smallest absolute Gasteiger partial charge is 0.251 e. The minimum Gasteiger partial charge on any atom is -0.383 e. The number of rotatable bonds is 9. The third-order valence-corrected chi connectivity index (χ3v) is 4.48. The Balaban J connectivity index is 0.00000484. The van der Waals surface area contributed by atoms with Gasteiger partial charge < -0.3 is 15.4 Å². The quantitative estimate of drug-likeness (QED) is 0.547. The fraction of sp³-hybridized carbons (Fsp3) is 0.500. The van der Waals surface area contributed by atoms with Crippen LogP contribution in [0.2, 0.25) is 0 Å². The van der Waals surface area contributed by atoms with Crippen LogP contribution in [-0.4, -0.2) is 54.7 Å². The Kier molecular flexibility index (Phi) is 10.0. The normalized spacial score (nSPS) is 10.9. The van der Waals surface area contributed by atoms with Gasteiger partial charge in [-0.05, 0) is 31.7 Å². The number of halogens is 1. The van der Waals surface area contributed by atoms with Gasteiger partial charge in [0.2, 0.25) is 10.0 Å². The van der Waals surface area contributed by atoms with E-state index in [0.717, 1.165) is 5.56 Å². The molecule has 0 saturated heterocycles. The number of hydrogen-bond acceptors (Lipinski definition) is 5. The maximum atomic E-state index is 12.1. The van der Waals surface area contributed by atoms with Crippen LogP contribution in [0.3, 0.4) is 0 Å². The molecule has 0 spiro atoms. The molecule has 0 atom stereocenters. The van der Waals surface area contributed by atoms with Crippen LogP contribution in [-0.2, 0) is 14.8 Å². The van der Waals surface area contributed by atoms with Crippen molar-refractivity contribution in [3.8, 4) is 0 Å². The highest BCUT2D eigenvalue weighted by Gasteiger charge is 2.17. The number of nitrogens with one attached hydrogen (secondary N) is 3. The molecule has 0 fully saturated rings. The van der Waals surface area contributed by atoms with Crippen molar-refractivity contribution in [1.82, 2.24) is 15.4 Å². The fourth-order valence-electron chi connectivity index (χ4n) is 1.77. The Morgan fingerprint density at radius 1 is 1.22 bits per heavy atom. The molecule has 0 heterocycles. The summed E-state index contributed by atoms with van der Waals surface area (Å²) in [6, 6.07) is 4.49. The van der Waals surface area contributed by atoms with Gasteiger partial charge in [0, 0.05) is 32.3 Å². The average Bonchev–Trinajstić information content (AvgIpc) is 2.47. The molecular weight excluding hydrogens is 342 g/mol. The first-order valence-corrected chi connectivity index (χ1v) is 8.42. The van der Waals surface area contributed by atoms with Crippen LogP contribution in [0, 0.1) is 6.92 Å². The SMILES string of the molecule is CNCCNC(=O)c1cc(S(=O)(=O)NCCOC)ccc1C.Cl. The van der Waals surface area contributed by atoms with E-state index in [-0.39, 0.29) is 36.4 Å². The highest BCUT2D eigenvalue weighted by Crippen LogP contribution is 2.15. The summed E-state index contributed by atoms with van der Waals surface area (Å²) in [6.45, 7) is 3.33. The van der Waals surface area contributed by atoms with Gasteiger partial charge in [-0.3, -0.25) is 4.79 Å². The number of benzene rings is 1. The third-order valence-electron chi connectivity index (χ3n) is 3.02. The molecule has 0 aliphatic carbocycles. The van der Waals surface area contributed by atoms with Gasteiger partial charge >= 0.3 is 0 Å². The van der Waals surface area contributed by atoms with E-state index in [1.54, 1.807) is 20.0 Å². The summed E-state index contributed by atoms with van der Waals surface area (Å²) in [4.78, 5) is 12.2. The number of carbonyl (C=O) groups excluding carboxylic acids is 1. The predicted octanol–water partition coefficient (Wildman–Crippen LogP) is 0.291. The van der Waals surface area contributed by atoms with E-state index in [1.165, 1.54) is 19.2 Å². The maximum absolute atomic E-state index is 12.1. The lowest BCUT2D eigenvalue weighted by molar-refractivity contribution is 0.0953. The molecule has 3 N–H and O–H groups in total. The molecule has 1 rings (SSSR count). The van der Waals surface area contributed by atoms with Crippen LogP contribution >= 0.6 is 12.4 Å². The minimum atomic E-state index is -3.65. The van der Waals surface area contributed by atoms with Crippen molar-refractivity contribution >= 4 is 28.3 Å². The Labute approximate surface area is 143 Å². The Bertz CT molecular complexity index is 608. The third kappa shape index (κ3) is 6.84. The Morgan fingerprint density at radius 2 is 1.91 bits per heavy atom. The van der Waals surface area contributed by atoms with E-state index in [0.29, 0.717) is 18.7 Å². The predicted molar refractivity (Wildman–Crippen MR) is 91.8 cm³/mol. The molecule has 7 nitrogen and oxygen atoms in total. The highest BCUT2D eigenvalue weighted by atomic mass is 35.5. The Morgan fingerprint density at radius 3 is 2.52 bits per heavy atom. The largest absolute Gasteiger partial charge is 0.383 e. The second-order valence-electron chi connectivity index (χ2n) is 4.73. The molecule has 0 aliphatic heterocycles. The van der Waals surface area contributed by atoms with E-state index in [9.17, 15) is 13.2 Å². The lowest BCUT2D eigenvalue weighted by atomic mass is 10.1. The van der Waals surface area contributed by atoms with Crippen molar-refractivity contribution in [2.45, 2.75) is 11.8 Å². The van der Waals surface area contributed by atoms with Crippen molar-refractivity contribution in [3.63, 3.8) is 0 Å². The molecule has 132 valence electrons. The lowest BCUT2D eigenvalue weighted by Crippen LogP contribution is -2.31. The fourth-order valence-corrected chi connectivity index (χ4v) is 2.81. The monoisotopic (exact) mass is 365 g/mol. The number of likely N-dealkylation sites (N-methyl/N-ethyl adjacent to an activating group) is 1. The van der Waals surface area contributed by atoms with Gasteiger partial charge in [0.15, 0.2) is 0 Å². The first-order chi connectivity index (χ1) is 10.4. The lowest BCUT2D eigenvalue weighted by Gasteiger charge is -2.11. The second kappa shape index (κ2) is 10.6. The van der Waals surface area contributed by atoms with Crippen molar-refractivity contribution in [2.24, 2.45) is 0 Å². The van der Waals surface area contributed by atoms with Crippen LogP contribution in [0.15, 0.2) is 23.1 Å².